The maximum Gasteiger partial charge on any atom is 0.421 e. The number of benzene rings is 1. The minimum atomic E-state index is -4.06. The van der Waals surface area contributed by atoms with Gasteiger partial charge in [-0.25, -0.2) is 22.9 Å². The van der Waals surface area contributed by atoms with Crippen molar-refractivity contribution in [2.24, 2.45) is 5.92 Å². The van der Waals surface area contributed by atoms with Gasteiger partial charge in [-0.3, -0.25) is 0 Å². The lowest BCUT2D eigenvalue weighted by molar-refractivity contribution is 0.151. The van der Waals surface area contributed by atoms with E-state index in [1.54, 1.807) is 12.4 Å². The topological polar surface area (TPSA) is 101 Å². The Morgan fingerprint density at radius 1 is 1.25 bits per heavy atom. The van der Waals surface area contributed by atoms with Crippen LogP contribution in [0.5, 0.6) is 0 Å². The molecule has 0 saturated heterocycles. The minimum absolute atomic E-state index is 0.124. The number of unbranched alkanes of at least 4 members (excludes halogenated alkanes) is 1. The van der Waals surface area contributed by atoms with Crippen LogP contribution in [0.1, 0.15) is 49.9 Å². The van der Waals surface area contributed by atoms with E-state index in [0.717, 1.165) is 34.7 Å². The first-order valence-electron chi connectivity index (χ1n) is 10.7. The second-order valence-electron chi connectivity index (χ2n) is 8.02. The third kappa shape index (κ3) is 6.43. The van der Waals surface area contributed by atoms with Gasteiger partial charge < -0.3 is 9.72 Å². The molecule has 2 N–H and O–H groups in total. The maximum atomic E-state index is 13.0. The standard InChI is InChI=1S/C23H29N3O4S2/c1-4-5-12-30-23(27)26-32(28,29)22-20(15-19(31-22)13-16(2)3)18-8-6-17(7-9-18)14-21-24-10-11-25-21/h6-11,15-16H,4-5,12-14H2,1-3H3,(H,24,25)(H,26,27). The number of aromatic nitrogens is 2. The van der Waals surface area contributed by atoms with Crippen molar-refractivity contribution in [3.8, 4) is 11.1 Å². The fourth-order valence-electron chi connectivity index (χ4n) is 3.21. The van der Waals surface area contributed by atoms with Crippen molar-refractivity contribution >= 4 is 27.5 Å². The van der Waals surface area contributed by atoms with Crippen LogP contribution < -0.4 is 4.72 Å². The Morgan fingerprint density at radius 3 is 2.62 bits per heavy atom. The van der Waals surface area contributed by atoms with Crippen LogP contribution in [0.3, 0.4) is 0 Å². The van der Waals surface area contributed by atoms with E-state index >= 15 is 0 Å². The van der Waals surface area contributed by atoms with Crippen LogP contribution in [0.4, 0.5) is 4.79 Å². The molecule has 0 atom stereocenters. The molecule has 0 radical (unpaired) electrons. The Morgan fingerprint density at radius 2 is 2.00 bits per heavy atom. The maximum absolute atomic E-state index is 13.0. The number of imidazole rings is 1. The van der Waals surface area contributed by atoms with Crippen LogP contribution >= 0.6 is 11.3 Å². The smallest absolute Gasteiger partial charge is 0.421 e. The third-order valence-corrected chi connectivity index (χ3v) is 7.75. The first-order chi connectivity index (χ1) is 15.3. The first-order valence-corrected chi connectivity index (χ1v) is 13.0. The van der Waals surface area contributed by atoms with Crippen molar-refractivity contribution in [1.29, 1.82) is 0 Å². The summed E-state index contributed by atoms with van der Waals surface area (Å²) in [5.74, 6) is 1.24. The Bertz CT molecular complexity index is 1120. The molecule has 0 aliphatic rings. The van der Waals surface area contributed by atoms with Gasteiger partial charge in [0.05, 0.1) is 6.61 Å². The molecule has 0 aliphatic carbocycles. The highest BCUT2D eigenvalue weighted by atomic mass is 32.2. The van der Waals surface area contributed by atoms with E-state index in [0.29, 0.717) is 24.3 Å². The average Bonchev–Trinajstić information content (AvgIpc) is 3.38. The molecule has 0 fully saturated rings. The average molecular weight is 476 g/mol. The molecular formula is C23H29N3O4S2. The molecular weight excluding hydrogens is 446 g/mol. The van der Waals surface area contributed by atoms with Gasteiger partial charge >= 0.3 is 6.09 Å². The minimum Gasteiger partial charge on any atom is -0.449 e. The van der Waals surface area contributed by atoms with Crippen LogP contribution in [0.2, 0.25) is 0 Å². The lowest BCUT2D eigenvalue weighted by Crippen LogP contribution is -2.31. The molecule has 3 aromatic rings. The van der Waals surface area contributed by atoms with Crippen molar-refractivity contribution in [3.05, 3.63) is 59.0 Å². The molecule has 2 aromatic heterocycles. The first kappa shape index (κ1) is 24.0. The fourth-order valence-corrected chi connectivity index (χ4v) is 6.05. The summed E-state index contributed by atoms with van der Waals surface area (Å²) in [6, 6.07) is 9.63. The summed E-state index contributed by atoms with van der Waals surface area (Å²) in [5.41, 5.74) is 2.42. The Kier molecular flexibility index (Phi) is 8.09. The number of ether oxygens (including phenoxy) is 1. The van der Waals surface area contributed by atoms with Gasteiger partial charge in [-0.05, 0) is 36.0 Å². The summed E-state index contributed by atoms with van der Waals surface area (Å²) >= 11 is 1.19. The zero-order chi connectivity index (χ0) is 23.1. The van der Waals surface area contributed by atoms with Crippen molar-refractivity contribution < 1.29 is 17.9 Å². The highest BCUT2D eigenvalue weighted by Crippen LogP contribution is 2.36. The third-order valence-electron chi connectivity index (χ3n) is 4.74. The van der Waals surface area contributed by atoms with Crippen molar-refractivity contribution in [2.45, 2.75) is 50.7 Å². The normalized spacial score (nSPS) is 11.6. The number of nitrogens with one attached hydrogen (secondary N) is 2. The van der Waals surface area contributed by atoms with Gasteiger partial charge in [0.15, 0.2) is 0 Å². The van der Waals surface area contributed by atoms with Crippen LogP contribution in [0.25, 0.3) is 11.1 Å². The molecule has 9 heteroatoms. The SMILES string of the molecule is CCCCOC(=O)NS(=O)(=O)c1sc(CC(C)C)cc1-c1ccc(Cc2ncc[nH]2)cc1. The number of hydrogen-bond acceptors (Lipinski definition) is 6. The largest absolute Gasteiger partial charge is 0.449 e. The predicted octanol–water partition coefficient (Wildman–Crippen LogP) is 5.14. The van der Waals surface area contributed by atoms with Crippen molar-refractivity contribution in [3.63, 3.8) is 0 Å². The molecule has 1 aromatic carbocycles. The second-order valence-corrected chi connectivity index (χ2v) is 11.0. The van der Waals surface area contributed by atoms with Crippen LogP contribution in [-0.4, -0.2) is 31.1 Å². The zero-order valence-electron chi connectivity index (χ0n) is 18.6. The van der Waals surface area contributed by atoms with Gasteiger partial charge in [0.1, 0.15) is 10.0 Å². The number of carbonyl (C=O) groups is 1. The summed E-state index contributed by atoms with van der Waals surface area (Å²) in [6.45, 7) is 6.32. The van der Waals surface area contributed by atoms with E-state index in [-0.39, 0.29) is 10.8 Å². The number of nitrogens with zero attached hydrogens (tertiary/aromatic N) is 1. The van der Waals surface area contributed by atoms with Gasteiger partial charge in [0.2, 0.25) is 0 Å². The molecule has 0 spiro atoms. The molecule has 7 nitrogen and oxygen atoms in total. The van der Waals surface area contributed by atoms with Gasteiger partial charge in [-0.2, -0.15) is 0 Å². The monoisotopic (exact) mass is 475 g/mol. The van der Waals surface area contributed by atoms with E-state index in [9.17, 15) is 13.2 Å². The van der Waals surface area contributed by atoms with Crippen molar-refractivity contribution in [1.82, 2.24) is 14.7 Å². The molecule has 32 heavy (non-hydrogen) atoms. The Labute approximate surface area is 193 Å². The molecule has 3 rings (SSSR count). The highest BCUT2D eigenvalue weighted by Gasteiger charge is 2.26. The van der Waals surface area contributed by atoms with Crippen LogP contribution in [-0.2, 0) is 27.6 Å². The Hall–Kier alpha value is -2.65. The summed E-state index contributed by atoms with van der Waals surface area (Å²) in [5, 5.41) is 0. The van der Waals surface area contributed by atoms with E-state index in [1.165, 1.54) is 11.3 Å². The van der Waals surface area contributed by atoms with Crippen LogP contribution in [0.15, 0.2) is 46.9 Å². The van der Waals surface area contributed by atoms with Crippen molar-refractivity contribution in [2.75, 3.05) is 6.61 Å². The van der Waals surface area contributed by atoms with Gasteiger partial charge in [-0.15, -0.1) is 11.3 Å². The Balaban J connectivity index is 1.87. The second kappa shape index (κ2) is 10.8. The van der Waals surface area contributed by atoms with E-state index in [1.807, 2.05) is 37.3 Å². The number of hydrogen-bond donors (Lipinski definition) is 2. The lowest BCUT2D eigenvalue weighted by Gasteiger charge is -2.09. The summed E-state index contributed by atoms with van der Waals surface area (Å²) < 4.78 is 33.2. The van der Waals surface area contributed by atoms with Gasteiger partial charge in [-0.1, -0.05) is 51.5 Å². The molecule has 0 bridgehead atoms. The van der Waals surface area contributed by atoms with Gasteiger partial charge in [0, 0.05) is 29.3 Å². The summed E-state index contributed by atoms with van der Waals surface area (Å²) in [7, 11) is -4.06. The molecule has 172 valence electrons. The lowest BCUT2D eigenvalue weighted by atomic mass is 10.0. The number of thiophene rings is 1. The number of sulfonamides is 1. The number of carbonyl (C=O) groups excluding carboxylic acids is 1. The van der Waals surface area contributed by atoms with E-state index in [4.69, 9.17) is 4.74 Å². The number of aromatic amines is 1. The molecule has 2 heterocycles. The van der Waals surface area contributed by atoms with E-state index < -0.39 is 16.1 Å². The van der Waals surface area contributed by atoms with Gasteiger partial charge in [0.25, 0.3) is 10.0 Å². The number of rotatable bonds is 10. The summed E-state index contributed by atoms with van der Waals surface area (Å²) in [6.07, 6.45) is 5.49. The van der Waals surface area contributed by atoms with E-state index in [2.05, 4.69) is 28.5 Å². The quantitative estimate of drug-likeness (QED) is 0.395. The highest BCUT2D eigenvalue weighted by molar-refractivity contribution is 7.92. The number of amides is 1. The summed E-state index contributed by atoms with van der Waals surface area (Å²) in [4.78, 5) is 20.3. The van der Waals surface area contributed by atoms with Crippen LogP contribution in [0, 0.1) is 5.92 Å². The fraction of sp³-hybridized carbons (Fsp3) is 0.391. The molecule has 0 aliphatic heterocycles. The zero-order valence-corrected chi connectivity index (χ0v) is 20.2. The number of H-pyrrole nitrogens is 1. The molecule has 0 unspecified atom stereocenters. The molecule has 0 saturated carbocycles. The molecule has 1 amide bonds. The predicted molar refractivity (Wildman–Crippen MR) is 126 cm³/mol.